The molecular weight excluding hydrogens is 238 g/mol. The second-order valence-electron chi connectivity index (χ2n) is 4.46. The van der Waals surface area contributed by atoms with Crippen molar-refractivity contribution in [2.24, 2.45) is 0 Å². The monoisotopic (exact) mass is 253 g/mol. The standard InChI is InChI=1S/C12H16ClN3O/c1-8(2)16-5-3-4-11(17)15-10-7-14-6-9(13)12(10)16/h6-8H,3-5H2,1-2H3,(H,15,17). The van der Waals surface area contributed by atoms with E-state index in [1.165, 1.54) is 0 Å². The predicted octanol–water partition coefficient (Wildman–Crippen LogP) is 2.68. The van der Waals surface area contributed by atoms with E-state index in [0.717, 1.165) is 18.7 Å². The summed E-state index contributed by atoms with van der Waals surface area (Å²) in [5.41, 5.74) is 1.58. The molecule has 0 unspecified atom stereocenters. The van der Waals surface area contributed by atoms with Gasteiger partial charge in [0.05, 0.1) is 22.6 Å². The number of pyridine rings is 1. The highest BCUT2D eigenvalue weighted by atomic mass is 35.5. The minimum absolute atomic E-state index is 0.0266. The van der Waals surface area contributed by atoms with E-state index >= 15 is 0 Å². The number of hydrogen-bond acceptors (Lipinski definition) is 3. The number of carbonyl (C=O) groups excluding carboxylic acids is 1. The molecule has 2 rings (SSSR count). The minimum atomic E-state index is 0.0266. The molecule has 17 heavy (non-hydrogen) atoms. The Hall–Kier alpha value is -1.29. The molecule has 0 bridgehead atoms. The highest BCUT2D eigenvalue weighted by Crippen LogP contribution is 2.35. The fourth-order valence-corrected chi connectivity index (χ4v) is 2.33. The fraction of sp³-hybridized carbons (Fsp3) is 0.500. The Bertz CT molecular complexity index is 434. The van der Waals surface area contributed by atoms with E-state index in [1.54, 1.807) is 12.4 Å². The molecule has 0 aromatic carbocycles. The molecule has 0 atom stereocenters. The van der Waals surface area contributed by atoms with Gasteiger partial charge >= 0.3 is 0 Å². The fourth-order valence-electron chi connectivity index (χ4n) is 2.06. The van der Waals surface area contributed by atoms with Gasteiger partial charge in [-0.2, -0.15) is 0 Å². The first-order chi connectivity index (χ1) is 8.09. The van der Waals surface area contributed by atoms with Crippen LogP contribution in [0, 0.1) is 0 Å². The van der Waals surface area contributed by atoms with Crippen LogP contribution in [0.3, 0.4) is 0 Å². The molecule has 5 heteroatoms. The lowest BCUT2D eigenvalue weighted by molar-refractivity contribution is -0.116. The van der Waals surface area contributed by atoms with Crippen LogP contribution < -0.4 is 10.2 Å². The zero-order valence-corrected chi connectivity index (χ0v) is 10.8. The van der Waals surface area contributed by atoms with Gasteiger partial charge in [-0.15, -0.1) is 0 Å². The van der Waals surface area contributed by atoms with Crippen molar-refractivity contribution < 1.29 is 4.79 Å². The molecule has 1 amide bonds. The highest BCUT2D eigenvalue weighted by molar-refractivity contribution is 6.34. The van der Waals surface area contributed by atoms with Crippen LogP contribution in [-0.4, -0.2) is 23.5 Å². The van der Waals surface area contributed by atoms with Gasteiger partial charge in [-0.05, 0) is 20.3 Å². The van der Waals surface area contributed by atoms with Crippen molar-refractivity contribution in [3.63, 3.8) is 0 Å². The summed E-state index contributed by atoms with van der Waals surface area (Å²) in [6.07, 6.45) is 4.64. The number of nitrogens with one attached hydrogen (secondary N) is 1. The Morgan fingerprint density at radius 2 is 2.24 bits per heavy atom. The summed E-state index contributed by atoms with van der Waals surface area (Å²) in [5.74, 6) is 0.0266. The summed E-state index contributed by atoms with van der Waals surface area (Å²) in [6, 6.07) is 0.337. The number of nitrogens with zero attached hydrogens (tertiary/aromatic N) is 2. The van der Waals surface area contributed by atoms with Crippen molar-refractivity contribution in [2.45, 2.75) is 32.7 Å². The van der Waals surface area contributed by atoms with Gasteiger partial charge in [-0.25, -0.2) is 0 Å². The zero-order valence-electron chi connectivity index (χ0n) is 10.0. The second-order valence-corrected chi connectivity index (χ2v) is 4.86. The molecule has 1 aliphatic heterocycles. The summed E-state index contributed by atoms with van der Waals surface area (Å²) >= 11 is 6.20. The Morgan fingerprint density at radius 1 is 1.47 bits per heavy atom. The Morgan fingerprint density at radius 3 is 2.94 bits per heavy atom. The Kier molecular flexibility index (Phi) is 3.52. The first-order valence-electron chi connectivity index (χ1n) is 5.79. The molecular formula is C12H16ClN3O. The maximum Gasteiger partial charge on any atom is 0.224 e. The molecule has 0 aliphatic carbocycles. The summed E-state index contributed by atoms with van der Waals surface area (Å²) < 4.78 is 0. The third-order valence-electron chi connectivity index (χ3n) is 2.86. The Balaban J connectivity index is 2.49. The molecule has 0 radical (unpaired) electrons. The SMILES string of the molecule is CC(C)N1CCCC(=O)Nc2cncc(Cl)c21. The molecule has 0 spiro atoms. The largest absolute Gasteiger partial charge is 0.366 e. The lowest BCUT2D eigenvalue weighted by atomic mass is 10.1. The number of carbonyl (C=O) groups is 1. The molecule has 4 nitrogen and oxygen atoms in total. The van der Waals surface area contributed by atoms with Gasteiger partial charge < -0.3 is 10.2 Å². The van der Waals surface area contributed by atoms with Crippen LogP contribution in [0.4, 0.5) is 11.4 Å². The number of aromatic nitrogens is 1. The topological polar surface area (TPSA) is 45.2 Å². The average molecular weight is 254 g/mol. The van der Waals surface area contributed by atoms with Gasteiger partial charge in [0.2, 0.25) is 5.91 Å². The number of amides is 1. The van der Waals surface area contributed by atoms with Gasteiger partial charge in [-0.1, -0.05) is 11.6 Å². The molecule has 1 aromatic heterocycles. The average Bonchev–Trinajstić information content (AvgIpc) is 2.23. The summed E-state index contributed by atoms with van der Waals surface area (Å²) in [4.78, 5) is 17.8. The lowest BCUT2D eigenvalue weighted by Gasteiger charge is -2.32. The van der Waals surface area contributed by atoms with Crippen molar-refractivity contribution >= 4 is 28.9 Å². The molecule has 1 N–H and O–H groups in total. The van der Waals surface area contributed by atoms with Crippen LogP contribution in [0.5, 0.6) is 0 Å². The molecule has 0 saturated carbocycles. The first-order valence-corrected chi connectivity index (χ1v) is 6.17. The van der Waals surface area contributed by atoms with E-state index in [-0.39, 0.29) is 5.91 Å². The van der Waals surface area contributed by atoms with Crippen LogP contribution in [0.25, 0.3) is 0 Å². The quantitative estimate of drug-likeness (QED) is 0.837. The van der Waals surface area contributed by atoms with E-state index in [4.69, 9.17) is 11.6 Å². The third-order valence-corrected chi connectivity index (χ3v) is 3.14. The number of halogens is 1. The van der Waals surface area contributed by atoms with E-state index in [2.05, 4.69) is 29.0 Å². The van der Waals surface area contributed by atoms with E-state index < -0.39 is 0 Å². The lowest BCUT2D eigenvalue weighted by Crippen LogP contribution is -2.35. The summed E-state index contributed by atoms with van der Waals surface area (Å²) in [6.45, 7) is 5.07. The molecule has 2 heterocycles. The van der Waals surface area contributed by atoms with Crippen LogP contribution in [0.1, 0.15) is 26.7 Å². The number of rotatable bonds is 1. The van der Waals surface area contributed by atoms with Gasteiger partial charge in [-0.3, -0.25) is 9.78 Å². The van der Waals surface area contributed by atoms with E-state index in [9.17, 15) is 4.79 Å². The molecule has 1 aliphatic rings. The van der Waals surface area contributed by atoms with E-state index in [0.29, 0.717) is 23.2 Å². The maximum absolute atomic E-state index is 11.6. The number of anilines is 2. The van der Waals surface area contributed by atoms with Crippen LogP contribution in [0.15, 0.2) is 12.4 Å². The van der Waals surface area contributed by atoms with Crippen LogP contribution >= 0.6 is 11.6 Å². The first kappa shape index (κ1) is 12.2. The molecule has 1 aromatic rings. The number of fused-ring (bicyclic) bond motifs is 1. The Labute approximate surface area is 106 Å². The van der Waals surface area contributed by atoms with Crippen LogP contribution in [-0.2, 0) is 4.79 Å². The van der Waals surface area contributed by atoms with Gasteiger partial charge in [0.1, 0.15) is 0 Å². The highest BCUT2D eigenvalue weighted by Gasteiger charge is 2.21. The number of hydrogen-bond donors (Lipinski definition) is 1. The predicted molar refractivity (Wildman–Crippen MR) is 69.6 cm³/mol. The van der Waals surface area contributed by atoms with Crippen molar-refractivity contribution in [3.8, 4) is 0 Å². The van der Waals surface area contributed by atoms with Crippen molar-refractivity contribution in [2.75, 3.05) is 16.8 Å². The van der Waals surface area contributed by atoms with E-state index in [1.807, 2.05) is 0 Å². The second kappa shape index (κ2) is 4.92. The summed E-state index contributed by atoms with van der Waals surface area (Å²) in [5, 5.41) is 3.44. The van der Waals surface area contributed by atoms with Crippen molar-refractivity contribution in [3.05, 3.63) is 17.4 Å². The van der Waals surface area contributed by atoms with Crippen LogP contribution in [0.2, 0.25) is 5.02 Å². The molecule has 92 valence electrons. The van der Waals surface area contributed by atoms with Gasteiger partial charge in [0.15, 0.2) is 0 Å². The normalized spacial score (nSPS) is 16.2. The minimum Gasteiger partial charge on any atom is -0.366 e. The molecule has 0 saturated heterocycles. The van der Waals surface area contributed by atoms with Gasteiger partial charge in [0, 0.05) is 25.2 Å². The molecule has 0 fully saturated rings. The summed E-state index contributed by atoms with van der Waals surface area (Å²) in [7, 11) is 0. The van der Waals surface area contributed by atoms with Crippen molar-refractivity contribution in [1.82, 2.24) is 4.98 Å². The van der Waals surface area contributed by atoms with Gasteiger partial charge in [0.25, 0.3) is 0 Å². The zero-order chi connectivity index (χ0) is 12.4. The smallest absolute Gasteiger partial charge is 0.224 e. The van der Waals surface area contributed by atoms with Crippen molar-refractivity contribution in [1.29, 1.82) is 0 Å². The third kappa shape index (κ3) is 2.52. The maximum atomic E-state index is 11.6.